The van der Waals surface area contributed by atoms with Gasteiger partial charge in [0.15, 0.2) is 0 Å². The molecule has 0 atom stereocenters. The van der Waals surface area contributed by atoms with Crippen LogP contribution >= 0.6 is 0 Å². The van der Waals surface area contributed by atoms with Crippen molar-refractivity contribution in [1.29, 1.82) is 0 Å². The van der Waals surface area contributed by atoms with Crippen molar-refractivity contribution < 1.29 is 0 Å². The molecule has 3 heteroatoms. The van der Waals surface area contributed by atoms with Crippen molar-refractivity contribution >= 4 is 0 Å². The van der Waals surface area contributed by atoms with Gasteiger partial charge in [-0.15, -0.1) is 0 Å². The van der Waals surface area contributed by atoms with Crippen molar-refractivity contribution in [2.75, 3.05) is 6.54 Å². The summed E-state index contributed by atoms with van der Waals surface area (Å²) in [6.45, 7) is 3.26. The fourth-order valence-corrected chi connectivity index (χ4v) is 2.40. The van der Waals surface area contributed by atoms with Crippen LogP contribution in [0.2, 0.25) is 0 Å². The van der Waals surface area contributed by atoms with E-state index in [1.165, 1.54) is 31.4 Å². The first kappa shape index (κ1) is 10.6. The summed E-state index contributed by atoms with van der Waals surface area (Å²) in [5.41, 5.74) is 1.17. The minimum atomic E-state index is 0.633. The molecular weight excluding hydrogens is 186 g/mol. The van der Waals surface area contributed by atoms with Gasteiger partial charge in [0.05, 0.1) is 5.69 Å². The van der Waals surface area contributed by atoms with Crippen molar-refractivity contribution in [2.24, 2.45) is 0 Å². The standard InChI is InChI=1S/C12H19N3/c1-2-14-11-5-3-10(4-6-11)12-9-13-7-8-15-12/h7-11,14H,2-6H2,1H3. The van der Waals surface area contributed by atoms with E-state index in [2.05, 4.69) is 22.2 Å². The smallest absolute Gasteiger partial charge is 0.0617 e. The van der Waals surface area contributed by atoms with E-state index in [0.29, 0.717) is 5.92 Å². The molecule has 1 aliphatic carbocycles. The fourth-order valence-electron chi connectivity index (χ4n) is 2.40. The van der Waals surface area contributed by atoms with Crippen LogP contribution in [0.25, 0.3) is 0 Å². The maximum atomic E-state index is 4.39. The zero-order valence-corrected chi connectivity index (χ0v) is 9.32. The third-order valence-electron chi connectivity index (χ3n) is 3.22. The molecule has 0 radical (unpaired) electrons. The average Bonchev–Trinajstić information content (AvgIpc) is 2.32. The van der Waals surface area contributed by atoms with E-state index in [4.69, 9.17) is 0 Å². The normalized spacial score (nSPS) is 26.5. The van der Waals surface area contributed by atoms with Crippen LogP contribution < -0.4 is 5.32 Å². The van der Waals surface area contributed by atoms with Gasteiger partial charge in [-0.2, -0.15) is 0 Å². The predicted octanol–water partition coefficient (Wildman–Crippen LogP) is 2.11. The third kappa shape index (κ3) is 2.75. The number of hydrogen-bond donors (Lipinski definition) is 1. The van der Waals surface area contributed by atoms with Gasteiger partial charge >= 0.3 is 0 Å². The van der Waals surface area contributed by atoms with Gasteiger partial charge in [0.25, 0.3) is 0 Å². The van der Waals surface area contributed by atoms with Gasteiger partial charge in [-0.05, 0) is 32.2 Å². The number of hydrogen-bond acceptors (Lipinski definition) is 3. The van der Waals surface area contributed by atoms with Crippen LogP contribution in [0.5, 0.6) is 0 Å². The van der Waals surface area contributed by atoms with E-state index < -0.39 is 0 Å². The van der Waals surface area contributed by atoms with Crippen molar-refractivity contribution in [2.45, 2.75) is 44.6 Å². The van der Waals surface area contributed by atoms with Gasteiger partial charge in [-0.1, -0.05) is 6.92 Å². The van der Waals surface area contributed by atoms with Crippen LogP contribution in [0, 0.1) is 0 Å². The number of nitrogens with zero attached hydrogens (tertiary/aromatic N) is 2. The molecule has 0 unspecified atom stereocenters. The van der Waals surface area contributed by atoms with Crippen molar-refractivity contribution in [3.63, 3.8) is 0 Å². The molecule has 1 aromatic heterocycles. The number of rotatable bonds is 3. The minimum absolute atomic E-state index is 0.633. The first-order chi connectivity index (χ1) is 7.40. The summed E-state index contributed by atoms with van der Waals surface area (Å²) >= 11 is 0. The molecule has 0 bridgehead atoms. The highest BCUT2D eigenvalue weighted by Gasteiger charge is 2.22. The first-order valence-corrected chi connectivity index (χ1v) is 5.89. The van der Waals surface area contributed by atoms with Crippen molar-refractivity contribution in [3.8, 4) is 0 Å². The Morgan fingerprint density at radius 2 is 2.07 bits per heavy atom. The second kappa shape index (κ2) is 5.21. The maximum Gasteiger partial charge on any atom is 0.0617 e. The average molecular weight is 205 g/mol. The molecule has 2 rings (SSSR count). The van der Waals surface area contributed by atoms with Crippen molar-refractivity contribution in [1.82, 2.24) is 15.3 Å². The summed E-state index contributed by atoms with van der Waals surface area (Å²) < 4.78 is 0. The van der Waals surface area contributed by atoms with Crippen LogP contribution in [0.15, 0.2) is 18.6 Å². The Labute approximate surface area is 91.3 Å². The molecule has 0 saturated heterocycles. The summed E-state index contributed by atoms with van der Waals surface area (Å²) in [5, 5.41) is 3.52. The SMILES string of the molecule is CCNC1CCC(c2cnccn2)CC1. The van der Waals surface area contributed by atoms with Crippen molar-refractivity contribution in [3.05, 3.63) is 24.3 Å². The Morgan fingerprint density at radius 3 is 2.67 bits per heavy atom. The molecular formula is C12H19N3. The predicted molar refractivity (Wildman–Crippen MR) is 60.7 cm³/mol. The van der Waals surface area contributed by atoms with Gasteiger partial charge in [-0.3, -0.25) is 9.97 Å². The lowest BCUT2D eigenvalue weighted by molar-refractivity contribution is 0.344. The third-order valence-corrected chi connectivity index (χ3v) is 3.22. The Bertz CT molecular complexity index is 278. The van der Waals surface area contributed by atoms with Gasteiger partial charge in [0.2, 0.25) is 0 Å². The Morgan fingerprint density at radius 1 is 1.27 bits per heavy atom. The van der Waals surface area contributed by atoms with Gasteiger partial charge in [0.1, 0.15) is 0 Å². The maximum absolute atomic E-state index is 4.39. The van der Waals surface area contributed by atoms with Crippen LogP contribution in [0.3, 0.4) is 0 Å². The molecule has 1 heterocycles. The first-order valence-electron chi connectivity index (χ1n) is 5.89. The lowest BCUT2D eigenvalue weighted by atomic mass is 9.84. The van der Waals surface area contributed by atoms with Crippen LogP contribution in [-0.2, 0) is 0 Å². The van der Waals surface area contributed by atoms with E-state index in [1.54, 1.807) is 12.4 Å². The van der Waals surface area contributed by atoms with E-state index >= 15 is 0 Å². The summed E-state index contributed by atoms with van der Waals surface area (Å²) in [5.74, 6) is 0.633. The molecule has 3 nitrogen and oxygen atoms in total. The zero-order chi connectivity index (χ0) is 10.5. The Balaban J connectivity index is 1.88. The van der Waals surface area contributed by atoms with Gasteiger partial charge in [-0.25, -0.2) is 0 Å². The molecule has 82 valence electrons. The quantitative estimate of drug-likeness (QED) is 0.821. The highest BCUT2D eigenvalue weighted by molar-refractivity contribution is 5.05. The molecule has 1 fully saturated rings. The highest BCUT2D eigenvalue weighted by atomic mass is 14.9. The minimum Gasteiger partial charge on any atom is -0.314 e. The van der Waals surface area contributed by atoms with Gasteiger partial charge < -0.3 is 5.32 Å². The molecule has 1 N–H and O–H groups in total. The summed E-state index contributed by atoms with van der Waals surface area (Å²) in [4.78, 5) is 8.53. The molecule has 0 aromatic carbocycles. The molecule has 0 amide bonds. The molecule has 1 saturated carbocycles. The van der Waals surface area contributed by atoms with E-state index in [1.807, 2.05) is 6.20 Å². The lowest BCUT2D eigenvalue weighted by Gasteiger charge is -2.28. The second-order valence-corrected chi connectivity index (χ2v) is 4.24. The fraction of sp³-hybridized carbons (Fsp3) is 0.667. The highest BCUT2D eigenvalue weighted by Crippen LogP contribution is 2.31. The largest absolute Gasteiger partial charge is 0.314 e. The van der Waals surface area contributed by atoms with Crippen LogP contribution in [-0.4, -0.2) is 22.6 Å². The van der Waals surface area contributed by atoms with Gasteiger partial charge in [0, 0.05) is 30.6 Å². The topological polar surface area (TPSA) is 37.8 Å². The summed E-state index contributed by atoms with van der Waals surface area (Å²) in [6.07, 6.45) is 10.5. The molecule has 15 heavy (non-hydrogen) atoms. The number of nitrogens with one attached hydrogen (secondary N) is 1. The summed E-state index contributed by atoms with van der Waals surface area (Å²) in [7, 11) is 0. The molecule has 1 aromatic rings. The van der Waals surface area contributed by atoms with Crippen LogP contribution in [0.4, 0.5) is 0 Å². The van der Waals surface area contributed by atoms with Crippen LogP contribution in [0.1, 0.15) is 44.2 Å². The number of aromatic nitrogens is 2. The molecule has 0 aliphatic heterocycles. The Kier molecular flexibility index (Phi) is 3.67. The summed E-state index contributed by atoms with van der Waals surface area (Å²) in [6, 6.07) is 0.725. The lowest BCUT2D eigenvalue weighted by Crippen LogP contribution is -2.32. The van der Waals surface area contributed by atoms with E-state index in [9.17, 15) is 0 Å². The monoisotopic (exact) mass is 205 g/mol. The van der Waals surface area contributed by atoms with E-state index in [0.717, 1.165) is 12.6 Å². The van der Waals surface area contributed by atoms with E-state index in [-0.39, 0.29) is 0 Å². The molecule has 1 aliphatic rings. The Hall–Kier alpha value is -0.960. The second-order valence-electron chi connectivity index (χ2n) is 4.24. The zero-order valence-electron chi connectivity index (χ0n) is 9.32. The molecule has 0 spiro atoms.